The first-order valence-electron chi connectivity index (χ1n) is 12.0. The molecule has 1 saturated heterocycles. The minimum Gasteiger partial charge on any atom is -0.368 e. The summed E-state index contributed by atoms with van der Waals surface area (Å²) >= 11 is 0. The number of rotatable bonds is 12. The Morgan fingerprint density at radius 2 is 1.24 bits per heavy atom. The summed E-state index contributed by atoms with van der Waals surface area (Å²) in [5, 5.41) is 11.5. The summed E-state index contributed by atoms with van der Waals surface area (Å²) < 4.78 is 52.9. The number of ether oxygens (including phenoxy) is 4. The lowest BCUT2D eigenvalue weighted by atomic mass is 9.96. The van der Waals surface area contributed by atoms with E-state index in [4.69, 9.17) is 23.1 Å². The zero-order valence-electron chi connectivity index (χ0n) is 20.6. The fourth-order valence-electron chi connectivity index (χ4n) is 4.04. The van der Waals surface area contributed by atoms with Gasteiger partial charge in [-0.25, -0.2) is 0 Å². The lowest BCUT2D eigenvalue weighted by molar-refractivity contribution is -0.350. The van der Waals surface area contributed by atoms with Gasteiger partial charge in [0.15, 0.2) is 0 Å². The van der Waals surface area contributed by atoms with Crippen LogP contribution in [0.2, 0.25) is 0 Å². The van der Waals surface area contributed by atoms with Gasteiger partial charge >= 0.3 is 0 Å². The molecule has 0 amide bonds. The molecule has 0 aliphatic carbocycles. The van der Waals surface area contributed by atoms with Crippen molar-refractivity contribution in [1.82, 2.24) is 0 Å². The topological polar surface area (TPSA) is 101 Å². The van der Waals surface area contributed by atoms with Crippen LogP contribution < -0.4 is 0 Å². The fraction of sp³-hybridized carbons (Fsp3) is 0.357. The van der Waals surface area contributed by atoms with Crippen molar-refractivity contribution in [3.63, 3.8) is 0 Å². The van der Waals surface area contributed by atoms with Gasteiger partial charge in [-0.1, -0.05) is 91.0 Å². The van der Waals surface area contributed by atoms with E-state index in [0.29, 0.717) is 6.61 Å². The van der Waals surface area contributed by atoms with Crippen molar-refractivity contribution in [1.29, 1.82) is 0 Å². The summed E-state index contributed by atoms with van der Waals surface area (Å²) in [6, 6.07) is 28.7. The van der Waals surface area contributed by atoms with Crippen molar-refractivity contribution in [3.05, 3.63) is 108 Å². The molecular formula is C28H32O8S. The van der Waals surface area contributed by atoms with E-state index < -0.39 is 40.8 Å². The maximum absolute atomic E-state index is 11.7. The Bertz CT molecular complexity index is 1190. The fourth-order valence-corrected chi connectivity index (χ4v) is 4.42. The normalized spacial score (nSPS) is 24.1. The molecule has 0 saturated carbocycles. The molecule has 198 valence electrons. The SMILES string of the molecule is CS(=O)(=O)OC[C@]1(O)OC[C@@H](OCc2ccccc2)[C@@H](OCc2ccccc2)[C@@H]1OCc1ccccc1. The van der Waals surface area contributed by atoms with Crippen molar-refractivity contribution in [3.8, 4) is 0 Å². The van der Waals surface area contributed by atoms with Crippen molar-refractivity contribution >= 4 is 10.1 Å². The molecule has 3 aromatic rings. The third-order valence-electron chi connectivity index (χ3n) is 5.95. The van der Waals surface area contributed by atoms with Gasteiger partial charge in [0, 0.05) is 0 Å². The second kappa shape index (κ2) is 12.7. The van der Waals surface area contributed by atoms with Crippen LogP contribution in [0.3, 0.4) is 0 Å². The molecule has 8 nitrogen and oxygen atoms in total. The lowest BCUT2D eigenvalue weighted by Gasteiger charge is -2.46. The minimum absolute atomic E-state index is 0.0545. The molecule has 4 rings (SSSR count). The molecule has 1 aliphatic rings. The summed E-state index contributed by atoms with van der Waals surface area (Å²) in [5.41, 5.74) is 2.75. The Morgan fingerprint density at radius 1 is 0.784 bits per heavy atom. The van der Waals surface area contributed by atoms with Crippen LogP contribution in [0.1, 0.15) is 16.7 Å². The van der Waals surface area contributed by atoms with Crippen LogP contribution in [0.15, 0.2) is 91.0 Å². The van der Waals surface area contributed by atoms with Crippen LogP contribution in [0, 0.1) is 0 Å². The highest BCUT2D eigenvalue weighted by molar-refractivity contribution is 7.85. The smallest absolute Gasteiger partial charge is 0.264 e. The van der Waals surface area contributed by atoms with Crippen LogP contribution in [-0.4, -0.2) is 57.1 Å². The molecule has 9 heteroatoms. The maximum atomic E-state index is 11.7. The Kier molecular flexibility index (Phi) is 9.44. The van der Waals surface area contributed by atoms with E-state index in [9.17, 15) is 13.5 Å². The molecular weight excluding hydrogens is 496 g/mol. The van der Waals surface area contributed by atoms with E-state index in [1.807, 2.05) is 91.0 Å². The third-order valence-corrected chi connectivity index (χ3v) is 6.50. The number of hydrogen-bond acceptors (Lipinski definition) is 8. The zero-order chi connectivity index (χ0) is 26.1. The highest BCUT2D eigenvalue weighted by Gasteiger charge is 2.53. The molecule has 0 unspecified atom stereocenters. The zero-order valence-corrected chi connectivity index (χ0v) is 21.5. The molecule has 0 radical (unpaired) electrons. The van der Waals surface area contributed by atoms with Crippen LogP contribution >= 0.6 is 0 Å². The van der Waals surface area contributed by atoms with E-state index in [1.54, 1.807) is 0 Å². The second-order valence-electron chi connectivity index (χ2n) is 8.94. The lowest BCUT2D eigenvalue weighted by Crippen LogP contribution is -2.65. The first-order valence-corrected chi connectivity index (χ1v) is 13.8. The third kappa shape index (κ3) is 8.18. The van der Waals surface area contributed by atoms with E-state index in [2.05, 4.69) is 0 Å². The summed E-state index contributed by atoms with van der Waals surface area (Å²) in [5.74, 6) is -2.09. The van der Waals surface area contributed by atoms with Gasteiger partial charge in [-0.05, 0) is 16.7 Å². The first-order chi connectivity index (χ1) is 17.8. The molecule has 4 atom stereocenters. The van der Waals surface area contributed by atoms with E-state index >= 15 is 0 Å². The molecule has 1 fully saturated rings. The van der Waals surface area contributed by atoms with Crippen LogP contribution in [-0.2, 0) is 53.1 Å². The van der Waals surface area contributed by atoms with Crippen LogP contribution in [0.25, 0.3) is 0 Å². The van der Waals surface area contributed by atoms with Gasteiger partial charge in [-0.2, -0.15) is 8.42 Å². The molecule has 37 heavy (non-hydrogen) atoms. The Labute approximate surface area is 217 Å². The van der Waals surface area contributed by atoms with Gasteiger partial charge in [0.05, 0.1) is 32.7 Å². The first kappa shape index (κ1) is 27.4. The predicted octanol–water partition coefficient (Wildman–Crippen LogP) is 3.44. The quantitative estimate of drug-likeness (QED) is 0.357. The number of benzene rings is 3. The summed E-state index contributed by atoms with van der Waals surface area (Å²) in [6.45, 7) is -0.0513. The molecule has 1 aliphatic heterocycles. The summed E-state index contributed by atoms with van der Waals surface area (Å²) in [7, 11) is -3.85. The molecule has 0 spiro atoms. The number of aliphatic hydroxyl groups is 1. The Morgan fingerprint density at radius 3 is 1.73 bits per heavy atom. The van der Waals surface area contributed by atoms with Crippen LogP contribution in [0.4, 0.5) is 0 Å². The maximum Gasteiger partial charge on any atom is 0.264 e. The highest BCUT2D eigenvalue weighted by atomic mass is 32.2. The Balaban J connectivity index is 1.59. The summed E-state index contributed by atoms with van der Waals surface area (Å²) in [6.07, 6.45) is -1.61. The van der Waals surface area contributed by atoms with Gasteiger partial charge in [0.1, 0.15) is 24.9 Å². The van der Waals surface area contributed by atoms with Gasteiger partial charge < -0.3 is 24.1 Å². The van der Waals surface area contributed by atoms with Crippen molar-refractivity contribution in [2.24, 2.45) is 0 Å². The van der Waals surface area contributed by atoms with Crippen LogP contribution in [0.5, 0.6) is 0 Å². The second-order valence-corrected chi connectivity index (χ2v) is 10.6. The minimum atomic E-state index is -3.85. The van der Waals surface area contributed by atoms with E-state index in [0.717, 1.165) is 22.9 Å². The molecule has 1 heterocycles. The van der Waals surface area contributed by atoms with Crippen molar-refractivity contribution in [2.45, 2.75) is 43.9 Å². The monoisotopic (exact) mass is 528 g/mol. The van der Waals surface area contributed by atoms with E-state index in [1.165, 1.54) is 0 Å². The molecule has 1 N–H and O–H groups in total. The molecule has 0 bridgehead atoms. The predicted molar refractivity (Wildman–Crippen MR) is 137 cm³/mol. The molecule has 3 aromatic carbocycles. The average molecular weight is 529 g/mol. The highest BCUT2D eigenvalue weighted by Crippen LogP contribution is 2.32. The average Bonchev–Trinajstić information content (AvgIpc) is 2.91. The number of hydrogen-bond donors (Lipinski definition) is 1. The molecule has 0 aromatic heterocycles. The summed E-state index contributed by atoms with van der Waals surface area (Å²) in [4.78, 5) is 0. The van der Waals surface area contributed by atoms with Gasteiger partial charge in [-0.3, -0.25) is 4.18 Å². The van der Waals surface area contributed by atoms with Crippen molar-refractivity contribution < 1.29 is 36.7 Å². The van der Waals surface area contributed by atoms with Gasteiger partial charge in [0.25, 0.3) is 10.1 Å². The van der Waals surface area contributed by atoms with Gasteiger partial charge in [-0.15, -0.1) is 0 Å². The van der Waals surface area contributed by atoms with E-state index in [-0.39, 0.29) is 19.8 Å². The standard InChI is InChI=1S/C28H32O8S/c1-37(30,31)36-21-28(29)27(34-19-24-15-9-4-10-16-24)26(33-18-23-13-7-3-8-14-23)25(20-35-28)32-17-22-11-5-2-6-12-22/h2-16,25-27,29H,17-21H2,1H3/t25-,26-,27+,28+/m1/s1. The Hall–Kier alpha value is -2.63. The largest absolute Gasteiger partial charge is 0.368 e. The van der Waals surface area contributed by atoms with Gasteiger partial charge in [0.2, 0.25) is 5.79 Å². The van der Waals surface area contributed by atoms with Crippen molar-refractivity contribution in [2.75, 3.05) is 19.5 Å².